The molecule has 1 fully saturated rings. The molecule has 1 atom stereocenters. The van der Waals surface area contributed by atoms with Gasteiger partial charge in [-0.05, 0) is 61.9 Å². The first kappa shape index (κ1) is 28.6. The summed E-state index contributed by atoms with van der Waals surface area (Å²) in [4.78, 5) is 40.8. The molecule has 0 bridgehead atoms. The number of hydrogen-bond acceptors (Lipinski definition) is 7. The summed E-state index contributed by atoms with van der Waals surface area (Å²) in [7, 11) is 0. The van der Waals surface area contributed by atoms with E-state index in [0.29, 0.717) is 39.0 Å². The summed E-state index contributed by atoms with van der Waals surface area (Å²) in [6, 6.07) is 15.7. The maximum Gasteiger partial charge on any atom is 0.410 e. The van der Waals surface area contributed by atoms with Gasteiger partial charge in [-0.1, -0.05) is 36.4 Å². The summed E-state index contributed by atoms with van der Waals surface area (Å²) in [6.45, 7) is 7.15. The third-order valence-electron chi connectivity index (χ3n) is 7.28. The molecule has 2 aromatic rings. The fourth-order valence-electron chi connectivity index (χ4n) is 5.03. The minimum atomic E-state index is -0.323. The van der Waals surface area contributed by atoms with Crippen LogP contribution in [-0.2, 0) is 43.4 Å². The number of anilines is 1. The molecule has 2 aliphatic rings. The van der Waals surface area contributed by atoms with Gasteiger partial charge < -0.3 is 24.4 Å². The van der Waals surface area contributed by atoms with Crippen molar-refractivity contribution in [2.45, 2.75) is 64.8 Å². The highest BCUT2D eigenvalue weighted by Crippen LogP contribution is 2.25. The zero-order valence-corrected chi connectivity index (χ0v) is 22.9. The molecular weight excluding hydrogens is 498 g/mol. The number of fused-ring (bicyclic) bond motifs is 1. The smallest absolute Gasteiger partial charge is 0.410 e. The molecule has 1 N–H and O–H groups in total. The molecule has 9 heteroatoms. The Morgan fingerprint density at radius 1 is 1.00 bits per heavy atom. The van der Waals surface area contributed by atoms with Gasteiger partial charge in [0.2, 0.25) is 5.91 Å². The minimum absolute atomic E-state index is 0.0388. The van der Waals surface area contributed by atoms with Crippen molar-refractivity contribution in [2.75, 3.05) is 38.2 Å². The lowest BCUT2D eigenvalue weighted by molar-refractivity contribution is -0.144. The summed E-state index contributed by atoms with van der Waals surface area (Å²) in [5, 5.41) is 2.94. The molecule has 1 saturated heterocycles. The van der Waals surface area contributed by atoms with Crippen LogP contribution in [0.15, 0.2) is 48.5 Å². The van der Waals surface area contributed by atoms with Crippen molar-refractivity contribution >= 4 is 23.7 Å². The molecule has 4 rings (SSSR count). The SMILES string of the molecule is CCOC(=O)CC(C)N1CCc2ccc(NC(=O)COC3CCN(C(=O)OCc4ccccc4)CC3)cc2C1. The van der Waals surface area contributed by atoms with E-state index in [4.69, 9.17) is 14.2 Å². The maximum atomic E-state index is 12.6. The van der Waals surface area contributed by atoms with Gasteiger partial charge in [0.05, 0.1) is 19.1 Å². The Morgan fingerprint density at radius 3 is 2.51 bits per heavy atom. The van der Waals surface area contributed by atoms with Crippen molar-refractivity contribution in [3.63, 3.8) is 0 Å². The van der Waals surface area contributed by atoms with E-state index in [0.717, 1.165) is 36.3 Å². The third kappa shape index (κ3) is 8.53. The molecule has 2 aromatic carbocycles. The van der Waals surface area contributed by atoms with Crippen LogP contribution in [0.25, 0.3) is 0 Å². The van der Waals surface area contributed by atoms with Gasteiger partial charge in [-0.2, -0.15) is 0 Å². The summed E-state index contributed by atoms with van der Waals surface area (Å²) < 4.78 is 16.4. The number of amides is 2. The maximum absolute atomic E-state index is 12.6. The number of hydrogen-bond donors (Lipinski definition) is 1. The molecule has 0 spiro atoms. The van der Waals surface area contributed by atoms with Gasteiger partial charge >= 0.3 is 12.1 Å². The molecule has 0 radical (unpaired) electrons. The molecule has 0 aromatic heterocycles. The van der Waals surface area contributed by atoms with Crippen molar-refractivity contribution in [1.82, 2.24) is 9.80 Å². The van der Waals surface area contributed by atoms with Crippen molar-refractivity contribution in [2.24, 2.45) is 0 Å². The summed E-state index contributed by atoms with van der Waals surface area (Å²) >= 11 is 0. The summed E-state index contributed by atoms with van der Waals surface area (Å²) in [5.74, 6) is -0.381. The molecule has 2 heterocycles. The van der Waals surface area contributed by atoms with Crippen LogP contribution in [0.4, 0.5) is 10.5 Å². The van der Waals surface area contributed by atoms with Gasteiger partial charge in [0.15, 0.2) is 0 Å². The monoisotopic (exact) mass is 537 g/mol. The molecule has 9 nitrogen and oxygen atoms in total. The Kier molecular flexibility index (Phi) is 10.3. The number of carbonyl (C=O) groups excluding carboxylic acids is 3. The molecular formula is C30H39N3O6. The fourth-order valence-corrected chi connectivity index (χ4v) is 5.03. The number of carbonyl (C=O) groups is 3. The van der Waals surface area contributed by atoms with Gasteiger partial charge in [0.25, 0.3) is 0 Å². The third-order valence-corrected chi connectivity index (χ3v) is 7.28. The number of nitrogens with zero attached hydrogens (tertiary/aromatic N) is 2. The summed E-state index contributed by atoms with van der Waals surface area (Å²) in [5.41, 5.74) is 4.10. The number of piperidine rings is 1. The average Bonchev–Trinajstić information content (AvgIpc) is 2.95. The Hall–Kier alpha value is -3.43. The highest BCUT2D eigenvalue weighted by molar-refractivity contribution is 5.91. The van der Waals surface area contributed by atoms with Crippen LogP contribution in [0.5, 0.6) is 0 Å². The van der Waals surface area contributed by atoms with Crippen LogP contribution in [0.2, 0.25) is 0 Å². The first-order valence-electron chi connectivity index (χ1n) is 13.8. The van der Waals surface area contributed by atoms with E-state index in [1.807, 2.05) is 56.3 Å². The topological polar surface area (TPSA) is 97.4 Å². The van der Waals surface area contributed by atoms with E-state index in [-0.39, 0.29) is 43.3 Å². The van der Waals surface area contributed by atoms with Crippen LogP contribution in [0.1, 0.15) is 49.8 Å². The Bertz CT molecular complexity index is 1120. The first-order chi connectivity index (χ1) is 18.9. The molecule has 2 aliphatic heterocycles. The fraction of sp³-hybridized carbons (Fsp3) is 0.500. The van der Waals surface area contributed by atoms with Crippen molar-refractivity contribution < 1.29 is 28.6 Å². The lowest BCUT2D eigenvalue weighted by Gasteiger charge is -2.33. The van der Waals surface area contributed by atoms with Crippen molar-refractivity contribution in [3.05, 3.63) is 65.2 Å². The second-order valence-electron chi connectivity index (χ2n) is 10.1. The van der Waals surface area contributed by atoms with Crippen LogP contribution < -0.4 is 5.32 Å². The number of esters is 1. The molecule has 39 heavy (non-hydrogen) atoms. The second-order valence-corrected chi connectivity index (χ2v) is 10.1. The van der Waals surface area contributed by atoms with E-state index < -0.39 is 0 Å². The molecule has 210 valence electrons. The van der Waals surface area contributed by atoms with E-state index in [9.17, 15) is 14.4 Å². The molecule has 0 aliphatic carbocycles. The van der Waals surface area contributed by atoms with Crippen LogP contribution in [0, 0.1) is 0 Å². The van der Waals surface area contributed by atoms with Gasteiger partial charge in [0.1, 0.15) is 13.2 Å². The number of likely N-dealkylation sites (tertiary alicyclic amines) is 1. The zero-order valence-electron chi connectivity index (χ0n) is 22.9. The minimum Gasteiger partial charge on any atom is -0.466 e. The van der Waals surface area contributed by atoms with E-state index in [1.54, 1.807) is 4.90 Å². The largest absolute Gasteiger partial charge is 0.466 e. The average molecular weight is 538 g/mol. The normalized spacial score (nSPS) is 16.7. The van der Waals surface area contributed by atoms with Gasteiger partial charge in [-0.25, -0.2) is 4.79 Å². The van der Waals surface area contributed by atoms with Crippen LogP contribution in [-0.4, -0.2) is 72.8 Å². The lowest BCUT2D eigenvalue weighted by Crippen LogP contribution is -2.41. The van der Waals surface area contributed by atoms with Gasteiger partial charge in [-0.15, -0.1) is 0 Å². The van der Waals surface area contributed by atoms with E-state index in [1.165, 1.54) is 5.56 Å². The highest BCUT2D eigenvalue weighted by Gasteiger charge is 2.26. The highest BCUT2D eigenvalue weighted by atomic mass is 16.6. The zero-order chi connectivity index (χ0) is 27.6. The van der Waals surface area contributed by atoms with E-state index >= 15 is 0 Å². The number of nitrogens with one attached hydrogen (secondary N) is 1. The Labute approximate surface area is 230 Å². The summed E-state index contributed by atoms with van der Waals surface area (Å²) in [6.07, 6.45) is 2.19. The predicted octanol–water partition coefficient (Wildman–Crippen LogP) is 4.14. The van der Waals surface area contributed by atoms with Crippen molar-refractivity contribution in [1.29, 1.82) is 0 Å². The lowest BCUT2D eigenvalue weighted by atomic mass is 9.97. The van der Waals surface area contributed by atoms with Crippen LogP contribution >= 0.6 is 0 Å². The first-order valence-corrected chi connectivity index (χ1v) is 13.8. The standard InChI is InChI=1S/C30H39N3O6/c1-3-37-29(35)17-22(2)33-14-11-24-9-10-26(18-25(24)19-33)31-28(34)21-38-27-12-15-32(16-13-27)30(36)39-20-23-7-5-4-6-8-23/h4-10,18,22,27H,3,11-17,19-21H2,1-2H3,(H,31,34). The second kappa shape index (κ2) is 14.1. The Morgan fingerprint density at radius 2 is 1.77 bits per heavy atom. The van der Waals surface area contributed by atoms with E-state index in [2.05, 4.69) is 16.3 Å². The van der Waals surface area contributed by atoms with Crippen LogP contribution in [0.3, 0.4) is 0 Å². The molecule has 0 saturated carbocycles. The number of benzene rings is 2. The molecule has 2 amide bonds. The molecule has 1 unspecified atom stereocenters. The van der Waals surface area contributed by atoms with Gasteiger partial charge in [-0.3, -0.25) is 14.5 Å². The van der Waals surface area contributed by atoms with Crippen molar-refractivity contribution in [3.8, 4) is 0 Å². The number of ether oxygens (including phenoxy) is 3. The quantitative estimate of drug-likeness (QED) is 0.455. The predicted molar refractivity (Wildman–Crippen MR) is 147 cm³/mol. The Balaban J connectivity index is 1.17. The number of rotatable bonds is 10. The van der Waals surface area contributed by atoms with Gasteiger partial charge in [0, 0.05) is 37.9 Å².